The second kappa shape index (κ2) is 6.03. The molecule has 2 unspecified atom stereocenters. The minimum atomic E-state index is 0.481. The van der Waals surface area contributed by atoms with Crippen molar-refractivity contribution in [1.29, 1.82) is 0 Å². The van der Waals surface area contributed by atoms with Gasteiger partial charge in [0.1, 0.15) is 0 Å². The Bertz CT molecular complexity index is 609. The highest BCUT2D eigenvalue weighted by atomic mass is 14.9. The molecule has 110 valence electrons. The Morgan fingerprint density at radius 2 is 1.71 bits per heavy atom. The average molecular weight is 279 g/mol. The molecule has 1 heteroatoms. The van der Waals surface area contributed by atoms with E-state index in [0.717, 1.165) is 0 Å². The van der Waals surface area contributed by atoms with Crippen molar-refractivity contribution in [3.8, 4) is 0 Å². The summed E-state index contributed by atoms with van der Waals surface area (Å²) in [4.78, 5) is 0. The maximum absolute atomic E-state index is 3.57. The third-order valence-corrected chi connectivity index (χ3v) is 5.07. The number of hydrogen-bond acceptors (Lipinski definition) is 1. The lowest BCUT2D eigenvalue weighted by atomic mass is 9.76. The fourth-order valence-electron chi connectivity index (χ4n) is 3.87. The number of hydrogen-bond donors (Lipinski definition) is 1. The maximum Gasteiger partial charge on any atom is 0.0352 e. The van der Waals surface area contributed by atoms with Crippen LogP contribution in [0.25, 0.3) is 0 Å². The van der Waals surface area contributed by atoms with E-state index >= 15 is 0 Å². The molecule has 0 spiro atoms. The highest BCUT2D eigenvalue weighted by Gasteiger charge is 2.28. The molecular weight excluding hydrogens is 254 g/mol. The maximum atomic E-state index is 3.57. The van der Waals surface area contributed by atoms with Gasteiger partial charge in [0.05, 0.1) is 0 Å². The summed E-state index contributed by atoms with van der Waals surface area (Å²) in [5, 5.41) is 3.57. The van der Waals surface area contributed by atoms with Crippen molar-refractivity contribution in [3.05, 3.63) is 70.3 Å². The largest absolute Gasteiger partial charge is 0.313 e. The van der Waals surface area contributed by atoms with Crippen LogP contribution < -0.4 is 5.32 Å². The molecule has 0 aromatic heterocycles. The zero-order valence-electron chi connectivity index (χ0n) is 13.3. The summed E-state index contributed by atoms with van der Waals surface area (Å²) in [6.07, 6.45) is 3.67. The molecule has 3 rings (SSSR count). The van der Waals surface area contributed by atoms with Crippen LogP contribution in [0.1, 0.15) is 40.3 Å². The Kier molecular flexibility index (Phi) is 4.12. The summed E-state index contributed by atoms with van der Waals surface area (Å²) in [5.41, 5.74) is 7.44. The van der Waals surface area contributed by atoms with Crippen LogP contribution in [0.3, 0.4) is 0 Å². The zero-order chi connectivity index (χ0) is 14.8. The molecule has 1 nitrogen and oxygen atoms in total. The van der Waals surface area contributed by atoms with Gasteiger partial charge in [0, 0.05) is 6.04 Å². The van der Waals surface area contributed by atoms with Crippen molar-refractivity contribution < 1.29 is 0 Å². The monoisotopic (exact) mass is 279 g/mol. The highest BCUT2D eigenvalue weighted by Crippen LogP contribution is 2.37. The molecule has 0 saturated carbocycles. The molecule has 2 aromatic carbocycles. The predicted molar refractivity (Wildman–Crippen MR) is 89.7 cm³/mol. The van der Waals surface area contributed by atoms with Gasteiger partial charge >= 0.3 is 0 Å². The molecule has 1 aliphatic rings. The van der Waals surface area contributed by atoms with Gasteiger partial charge < -0.3 is 5.32 Å². The van der Waals surface area contributed by atoms with Gasteiger partial charge in [-0.25, -0.2) is 0 Å². The van der Waals surface area contributed by atoms with Gasteiger partial charge in [-0.1, -0.05) is 42.5 Å². The summed E-state index contributed by atoms with van der Waals surface area (Å²) < 4.78 is 0. The van der Waals surface area contributed by atoms with Gasteiger partial charge in [0.25, 0.3) is 0 Å². The lowest BCUT2D eigenvalue weighted by molar-refractivity contribution is 0.334. The number of nitrogens with one attached hydrogen (secondary N) is 1. The van der Waals surface area contributed by atoms with E-state index in [-0.39, 0.29) is 0 Å². The van der Waals surface area contributed by atoms with Gasteiger partial charge in [-0.05, 0) is 73.9 Å². The normalized spacial score (nSPS) is 21.1. The molecule has 0 bridgehead atoms. The molecule has 2 aromatic rings. The summed E-state index contributed by atoms with van der Waals surface area (Å²) in [6, 6.07) is 16.1. The highest BCUT2D eigenvalue weighted by molar-refractivity contribution is 5.37. The van der Waals surface area contributed by atoms with Gasteiger partial charge in [-0.15, -0.1) is 0 Å². The quantitative estimate of drug-likeness (QED) is 0.879. The Balaban J connectivity index is 1.90. The number of aryl methyl sites for hydroxylation is 3. The summed E-state index contributed by atoms with van der Waals surface area (Å²) in [7, 11) is 2.10. The first-order valence-corrected chi connectivity index (χ1v) is 8.01. The lowest BCUT2D eigenvalue weighted by Gasteiger charge is -2.34. The van der Waals surface area contributed by atoms with Crippen LogP contribution >= 0.6 is 0 Å². The predicted octanol–water partition coefficient (Wildman–Crippen LogP) is 4.37. The van der Waals surface area contributed by atoms with Crippen molar-refractivity contribution >= 4 is 0 Å². The number of benzene rings is 2. The lowest BCUT2D eigenvalue weighted by Crippen LogP contribution is -2.31. The van der Waals surface area contributed by atoms with Crippen LogP contribution in [-0.4, -0.2) is 7.05 Å². The smallest absolute Gasteiger partial charge is 0.0352 e. The molecule has 2 atom stereocenters. The Morgan fingerprint density at radius 1 is 1.00 bits per heavy atom. The van der Waals surface area contributed by atoms with E-state index < -0.39 is 0 Å². The molecule has 0 amide bonds. The van der Waals surface area contributed by atoms with Crippen molar-refractivity contribution in [2.75, 3.05) is 7.05 Å². The van der Waals surface area contributed by atoms with E-state index in [4.69, 9.17) is 0 Å². The Labute approximate surface area is 128 Å². The van der Waals surface area contributed by atoms with Crippen LogP contribution in [0.4, 0.5) is 0 Å². The molecule has 0 aliphatic heterocycles. The van der Waals surface area contributed by atoms with E-state index in [1.807, 2.05) is 0 Å². The summed E-state index contributed by atoms with van der Waals surface area (Å²) >= 11 is 0. The van der Waals surface area contributed by atoms with E-state index in [2.05, 4.69) is 68.7 Å². The average Bonchev–Trinajstić information content (AvgIpc) is 2.50. The van der Waals surface area contributed by atoms with Crippen LogP contribution in [-0.2, 0) is 12.8 Å². The molecule has 1 aliphatic carbocycles. The molecule has 0 saturated heterocycles. The zero-order valence-corrected chi connectivity index (χ0v) is 13.3. The van der Waals surface area contributed by atoms with Gasteiger partial charge in [0.2, 0.25) is 0 Å². The number of fused-ring (bicyclic) bond motifs is 1. The summed E-state index contributed by atoms with van der Waals surface area (Å²) in [6.45, 7) is 4.49. The van der Waals surface area contributed by atoms with Crippen molar-refractivity contribution in [2.24, 2.45) is 5.92 Å². The van der Waals surface area contributed by atoms with Gasteiger partial charge in [0.15, 0.2) is 0 Å². The van der Waals surface area contributed by atoms with Crippen molar-refractivity contribution in [2.45, 2.75) is 39.2 Å². The second-order valence-electron chi connectivity index (χ2n) is 6.34. The first-order chi connectivity index (χ1) is 10.2. The number of rotatable bonds is 3. The fraction of sp³-hybridized carbons (Fsp3) is 0.400. The van der Waals surface area contributed by atoms with E-state index in [9.17, 15) is 0 Å². The molecule has 0 fully saturated rings. The minimum Gasteiger partial charge on any atom is -0.313 e. The molecule has 0 radical (unpaired) electrons. The molecule has 0 heterocycles. The first-order valence-electron chi connectivity index (χ1n) is 8.01. The van der Waals surface area contributed by atoms with Crippen LogP contribution in [0.5, 0.6) is 0 Å². The summed E-state index contributed by atoms with van der Waals surface area (Å²) in [5.74, 6) is 0.685. The fourth-order valence-corrected chi connectivity index (χ4v) is 3.87. The minimum absolute atomic E-state index is 0.481. The van der Waals surface area contributed by atoms with E-state index in [1.165, 1.54) is 41.5 Å². The third kappa shape index (κ3) is 2.75. The Morgan fingerprint density at radius 3 is 2.43 bits per heavy atom. The molecule has 21 heavy (non-hydrogen) atoms. The van der Waals surface area contributed by atoms with Crippen LogP contribution in [0.15, 0.2) is 42.5 Å². The van der Waals surface area contributed by atoms with Gasteiger partial charge in [-0.3, -0.25) is 0 Å². The Hall–Kier alpha value is -1.60. The van der Waals surface area contributed by atoms with Crippen LogP contribution in [0.2, 0.25) is 0 Å². The standard InChI is InChI=1S/C20H25N/c1-14-7-6-8-15(2)19(14)13-17-12-11-16-9-4-5-10-18(16)20(17)21-3/h4-10,17,20-21H,11-13H2,1-3H3. The van der Waals surface area contributed by atoms with Crippen LogP contribution in [0, 0.1) is 19.8 Å². The second-order valence-corrected chi connectivity index (χ2v) is 6.34. The van der Waals surface area contributed by atoms with E-state index in [1.54, 1.807) is 5.56 Å². The SMILES string of the molecule is CNC1c2ccccc2CCC1Cc1c(C)cccc1C. The van der Waals surface area contributed by atoms with E-state index in [0.29, 0.717) is 12.0 Å². The third-order valence-electron chi connectivity index (χ3n) is 5.07. The van der Waals surface area contributed by atoms with Crippen molar-refractivity contribution in [3.63, 3.8) is 0 Å². The topological polar surface area (TPSA) is 12.0 Å². The first kappa shape index (κ1) is 14.3. The van der Waals surface area contributed by atoms with Crippen molar-refractivity contribution in [1.82, 2.24) is 5.32 Å². The molecule has 1 N–H and O–H groups in total. The molecular formula is C20H25N. The van der Waals surface area contributed by atoms with Gasteiger partial charge in [-0.2, -0.15) is 0 Å².